The lowest BCUT2D eigenvalue weighted by Gasteiger charge is -2.24. The van der Waals surface area contributed by atoms with Crippen LogP contribution in [-0.4, -0.2) is 23.1 Å². The van der Waals surface area contributed by atoms with Crippen LogP contribution >= 0.6 is 15.9 Å². The lowest BCUT2D eigenvalue weighted by atomic mass is 10.2. The quantitative estimate of drug-likeness (QED) is 0.914. The smallest absolute Gasteiger partial charge is 0.222 e. The number of anilines is 2. The van der Waals surface area contributed by atoms with Crippen LogP contribution in [0.1, 0.15) is 20.8 Å². The first-order valence-electron chi connectivity index (χ1n) is 5.07. The third-order valence-electron chi connectivity index (χ3n) is 2.01. The van der Waals surface area contributed by atoms with E-state index in [4.69, 9.17) is 5.73 Å². The number of hydrogen-bond acceptors (Lipinski definition) is 4. The van der Waals surface area contributed by atoms with Crippen LogP contribution in [0.5, 0.6) is 0 Å². The van der Waals surface area contributed by atoms with E-state index in [0.29, 0.717) is 11.9 Å². The van der Waals surface area contributed by atoms with Crippen LogP contribution in [0, 0.1) is 5.92 Å². The summed E-state index contributed by atoms with van der Waals surface area (Å²) in [6.45, 7) is 8.34. The molecular weight excluding hydrogens is 256 g/mol. The van der Waals surface area contributed by atoms with E-state index in [2.05, 4.69) is 51.6 Å². The van der Waals surface area contributed by atoms with Gasteiger partial charge < -0.3 is 10.6 Å². The van der Waals surface area contributed by atoms with Gasteiger partial charge in [-0.3, -0.25) is 0 Å². The molecule has 4 nitrogen and oxygen atoms in total. The molecule has 0 unspecified atom stereocenters. The highest BCUT2D eigenvalue weighted by molar-refractivity contribution is 9.10. The van der Waals surface area contributed by atoms with E-state index in [-0.39, 0.29) is 0 Å². The van der Waals surface area contributed by atoms with E-state index < -0.39 is 0 Å². The summed E-state index contributed by atoms with van der Waals surface area (Å²) in [7, 11) is 0. The lowest BCUT2D eigenvalue weighted by Crippen LogP contribution is -2.28. The average Bonchev–Trinajstić information content (AvgIpc) is 2.18. The maximum Gasteiger partial charge on any atom is 0.222 e. The summed E-state index contributed by atoms with van der Waals surface area (Å²) in [5.74, 6) is 1.78. The summed E-state index contributed by atoms with van der Waals surface area (Å²) in [6.07, 6.45) is 1.70. The van der Waals surface area contributed by atoms with Gasteiger partial charge in [0.05, 0.1) is 4.47 Å². The standard InChI is InChI=1S/C10H17BrN4/c1-4-15(6-7(2)3)9-8(11)5-13-10(12)14-9/h5,7H,4,6H2,1-3H3,(H2,12,13,14). The van der Waals surface area contributed by atoms with Crippen LogP contribution in [0.15, 0.2) is 10.7 Å². The normalized spacial score (nSPS) is 10.7. The monoisotopic (exact) mass is 272 g/mol. The van der Waals surface area contributed by atoms with Gasteiger partial charge in [0.25, 0.3) is 0 Å². The molecule has 0 aliphatic heterocycles. The van der Waals surface area contributed by atoms with Gasteiger partial charge in [-0.2, -0.15) is 4.98 Å². The molecule has 0 fully saturated rings. The predicted molar refractivity (Wildman–Crippen MR) is 66.9 cm³/mol. The number of nitrogen functional groups attached to an aromatic ring is 1. The average molecular weight is 273 g/mol. The Bertz CT molecular complexity index is 327. The van der Waals surface area contributed by atoms with Crippen molar-refractivity contribution in [3.05, 3.63) is 10.7 Å². The maximum absolute atomic E-state index is 5.58. The molecule has 1 heterocycles. The van der Waals surface area contributed by atoms with Gasteiger partial charge in [-0.25, -0.2) is 4.98 Å². The molecule has 0 radical (unpaired) electrons. The molecule has 0 spiro atoms. The second-order valence-corrected chi connectivity index (χ2v) is 4.69. The molecule has 0 atom stereocenters. The Morgan fingerprint density at radius 2 is 2.20 bits per heavy atom. The van der Waals surface area contributed by atoms with Gasteiger partial charge in [0, 0.05) is 19.3 Å². The highest BCUT2D eigenvalue weighted by atomic mass is 79.9. The van der Waals surface area contributed by atoms with Crippen molar-refractivity contribution in [2.24, 2.45) is 5.92 Å². The van der Waals surface area contributed by atoms with Gasteiger partial charge in [0.1, 0.15) is 5.82 Å². The van der Waals surface area contributed by atoms with Crippen molar-refractivity contribution in [2.45, 2.75) is 20.8 Å². The van der Waals surface area contributed by atoms with Crippen LogP contribution in [0.3, 0.4) is 0 Å². The number of hydrogen-bond donors (Lipinski definition) is 1. The van der Waals surface area contributed by atoms with Crippen molar-refractivity contribution in [1.29, 1.82) is 0 Å². The zero-order valence-corrected chi connectivity index (χ0v) is 11.0. The third-order valence-corrected chi connectivity index (χ3v) is 2.57. The van der Waals surface area contributed by atoms with Crippen molar-refractivity contribution >= 4 is 27.7 Å². The van der Waals surface area contributed by atoms with Crippen molar-refractivity contribution < 1.29 is 0 Å². The molecule has 2 N–H and O–H groups in total. The Morgan fingerprint density at radius 3 is 2.73 bits per heavy atom. The van der Waals surface area contributed by atoms with Crippen LogP contribution < -0.4 is 10.6 Å². The molecule has 1 rings (SSSR count). The van der Waals surface area contributed by atoms with Crippen molar-refractivity contribution in [3.63, 3.8) is 0 Å². The van der Waals surface area contributed by atoms with Gasteiger partial charge in [0.15, 0.2) is 0 Å². The third kappa shape index (κ3) is 3.34. The Hall–Kier alpha value is -0.840. The molecular formula is C10H17BrN4. The molecule has 1 aromatic heterocycles. The molecule has 0 bridgehead atoms. The highest BCUT2D eigenvalue weighted by Crippen LogP contribution is 2.24. The predicted octanol–water partition coefficient (Wildman–Crippen LogP) is 2.30. The summed E-state index contributed by atoms with van der Waals surface area (Å²) in [5, 5.41) is 0. The number of nitrogens with zero attached hydrogens (tertiary/aromatic N) is 3. The minimum atomic E-state index is 0.315. The SMILES string of the molecule is CCN(CC(C)C)c1nc(N)ncc1Br. The molecule has 0 aromatic carbocycles. The Morgan fingerprint density at radius 1 is 1.53 bits per heavy atom. The second kappa shape index (κ2) is 5.30. The van der Waals surface area contributed by atoms with Gasteiger partial charge in [-0.15, -0.1) is 0 Å². The van der Waals surface area contributed by atoms with Gasteiger partial charge in [-0.1, -0.05) is 13.8 Å². The molecule has 0 amide bonds. The van der Waals surface area contributed by atoms with Crippen molar-refractivity contribution in [3.8, 4) is 0 Å². The van der Waals surface area contributed by atoms with Crippen LogP contribution in [0.4, 0.5) is 11.8 Å². The molecule has 0 saturated heterocycles. The molecule has 1 aromatic rings. The van der Waals surface area contributed by atoms with E-state index in [1.54, 1.807) is 6.20 Å². The van der Waals surface area contributed by atoms with E-state index in [9.17, 15) is 0 Å². The summed E-state index contributed by atoms with van der Waals surface area (Å²) >= 11 is 3.44. The Balaban J connectivity index is 2.95. The van der Waals surface area contributed by atoms with E-state index in [0.717, 1.165) is 23.4 Å². The van der Waals surface area contributed by atoms with Crippen molar-refractivity contribution in [1.82, 2.24) is 9.97 Å². The molecule has 15 heavy (non-hydrogen) atoms. The number of nitrogens with two attached hydrogens (primary N) is 1. The molecule has 5 heteroatoms. The summed E-state index contributed by atoms with van der Waals surface area (Å²) in [4.78, 5) is 10.4. The molecule has 0 saturated carbocycles. The number of aromatic nitrogens is 2. The topological polar surface area (TPSA) is 55.0 Å². The fourth-order valence-corrected chi connectivity index (χ4v) is 1.84. The van der Waals surface area contributed by atoms with Gasteiger partial charge in [-0.05, 0) is 28.8 Å². The zero-order valence-electron chi connectivity index (χ0n) is 9.37. The Labute approximate surface area is 99.0 Å². The van der Waals surface area contributed by atoms with Crippen LogP contribution in [0.25, 0.3) is 0 Å². The van der Waals surface area contributed by atoms with E-state index in [1.807, 2.05) is 0 Å². The highest BCUT2D eigenvalue weighted by Gasteiger charge is 2.12. The second-order valence-electron chi connectivity index (χ2n) is 3.83. The van der Waals surface area contributed by atoms with E-state index in [1.165, 1.54) is 0 Å². The van der Waals surface area contributed by atoms with E-state index >= 15 is 0 Å². The van der Waals surface area contributed by atoms with Crippen molar-refractivity contribution in [2.75, 3.05) is 23.7 Å². The first-order valence-corrected chi connectivity index (χ1v) is 5.86. The lowest BCUT2D eigenvalue weighted by molar-refractivity contribution is 0.613. The summed E-state index contributed by atoms with van der Waals surface area (Å²) in [5.41, 5.74) is 5.58. The number of halogens is 1. The van der Waals surface area contributed by atoms with Crippen LogP contribution in [-0.2, 0) is 0 Å². The first kappa shape index (κ1) is 12.2. The molecule has 0 aliphatic rings. The largest absolute Gasteiger partial charge is 0.368 e. The minimum Gasteiger partial charge on any atom is -0.368 e. The maximum atomic E-state index is 5.58. The summed E-state index contributed by atoms with van der Waals surface area (Å²) < 4.78 is 0.888. The minimum absolute atomic E-state index is 0.315. The Kier molecular flexibility index (Phi) is 4.32. The zero-order chi connectivity index (χ0) is 11.4. The number of rotatable bonds is 4. The summed E-state index contributed by atoms with van der Waals surface area (Å²) in [6, 6.07) is 0. The molecule has 84 valence electrons. The fourth-order valence-electron chi connectivity index (χ4n) is 1.40. The first-order chi connectivity index (χ1) is 7.04. The van der Waals surface area contributed by atoms with Gasteiger partial charge >= 0.3 is 0 Å². The van der Waals surface area contributed by atoms with Crippen LogP contribution in [0.2, 0.25) is 0 Å². The molecule has 0 aliphatic carbocycles. The van der Waals surface area contributed by atoms with Gasteiger partial charge in [0.2, 0.25) is 5.95 Å². The fraction of sp³-hybridized carbons (Fsp3) is 0.600.